The molecule has 0 radical (unpaired) electrons. The highest BCUT2D eigenvalue weighted by Crippen LogP contribution is 2.31. The van der Waals surface area contributed by atoms with Gasteiger partial charge in [0, 0.05) is 6.20 Å². The number of rotatable bonds is 9. The summed E-state index contributed by atoms with van der Waals surface area (Å²) in [6, 6.07) is 19.9. The Kier molecular flexibility index (Phi) is 7.47. The number of nitrogens with zero attached hydrogens (tertiary/aromatic N) is 3. The van der Waals surface area contributed by atoms with Crippen LogP contribution >= 0.6 is 0 Å². The van der Waals surface area contributed by atoms with Gasteiger partial charge in [0.15, 0.2) is 11.5 Å². The normalized spacial score (nSPS) is 10.9. The summed E-state index contributed by atoms with van der Waals surface area (Å²) in [7, 11) is 3.27. The van der Waals surface area contributed by atoms with Crippen LogP contribution in [0.5, 0.6) is 17.2 Å². The Labute approximate surface area is 206 Å². The number of aromatic nitrogens is 2. The zero-order valence-corrected chi connectivity index (χ0v) is 20.5. The van der Waals surface area contributed by atoms with E-state index in [2.05, 4.69) is 24.9 Å². The predicted octanol–water partition coefficient (Wildman–Crippen LogP) is 5.89. The molecule has 0 aliphatic carbocycles. The molecule has 6 nitrogen and oxygen atoms in total. The summed E-state index contributed by atoms with van der Waals surface area (Å²) in [5, 5.41) is 9.95. The van der Waals surface area contributed by atoms with Gasteiger partial charge in [-0.05, 0) is 65.8 Å². The molecule has 0 bridgehead atoms. The summed E-state index contributed by atoms with van der Waals surface area (Å²) in [6.45, 7) is 4.71. The van der Waals surface area contributed by atoms with Crippen molar-refractivity contribution in [2.24, 2.45) is 5.92 Å². The van der Waals surface area contributed by atoms with Crippen molar-refractivity contribution in [1.82, 2.24) is 9.97 Å². The topological polar surface area (TPSA) is 77.3 Å². The van der Waals surface area contributed by atoms with E-state index in [1.54, 1.807) is 20.4 Å². The molecule has 4 aromatic rings. The lowest BCUT2D eigenvalue weighted by Crippen LogP contribution is -2.02. The molecule has 1 heterocycles. The van der Waals surface area contributed by atoms with E-state index in [1.807, 2.05) is 54.6 Å². The minimum absolute atomic E-state index is 0.417. The maximum Gasteiger partial charge on any atom is 0.161 e. The molecule has 0 saturated heterocycles. The van der Waals surface area contributed by atoms with E-state index in [4.69, 9.17) is 19.2 Å². The Morgan fingerprint density at radius 2 is 1.69 bits per heavy atom. The SMILES string of the molecule is COc1ccc(COc2ccc(Cc3ccc4ncc(CC(C)C)nc4c3C#N)cc2OC)cc1. The Bertz CT molecular complexity index is 1360. The molecule has 0 spiro atoms. The third-order valence-electron chi connectivity index (χ3n) is 5.76. The molecule has 0 saturated carbocycles. The van der Waals surface area contributed by atoms with Crippen LogP contribution in [0, 0.1) is 17.2 Å². The number of benzene rings is 3. The van der Waals surface area contributed by atoms with Crippen LogP contribution in [0.4, 0.5) is 0 Å². The van der Waals surface area contributed by atoms with Crippen molar-refractivity contribution in [2.45, 2.75) is 33.3 Å². The zero-order valence-electron chi connectivity index (χ0n) is 20.5. The summed E-state index contributed by atoms with van der Waals surface area (Å²) < 4.78 is 16.8. The third kappa shape index (κ3) is 5.70. The molecular weight excluding hydrogens is 438 g/mol. The minimum atomic E-state index is 0.417. The van der Waals surface area contributed by atoms with Gasteiger partial charge in [-0.3, -0.25) is 4.98 Å². The van der Waals surface area contributed by atoms with Gasteiger partial charge in [-0.25, -0.2) is 4.98 Å². The van der Waals surface area contributed by atoms with E-state index in [9.17, 15) is 5.26 Å². The van der Waals surface area contributed by atoms with Crippen LogP contribution in [-0.4, -0.2) is 24.2 Å². The quantitative estimate of drug-likeness (QED) is 0.306. The molecule has 178 valence electrons. The Balaban J connectivity index is 1.56. The van der Waals surface area contributed by atoms with Crippen LogP contribution in [0.15, 0.2) is 60.8 Å². The number of methoxy groups -OCH3 is 2. The number of hydrogen-bond donors (Lipinski definition) is 0. The van der Waals surface area contributed by atoms with Gasteiger partial charge in [0.2, 0.25) is 0 Å². The molecule has 35 heavy (non-hydrogen) atoms. The molecular formula is C29H29N3O3. The Hall–Kier alpha value is -4.11. The summed E-state index contributed by atoms with van der Waals surface area (Å²) in [5.74, 6) is 2.58. The van der Waals surface area contributed by atoms with Crippen molar-refractivity contribution in [3.05, 3.63) is 88.7 Å². The van der Waals surface area contributed by atoms with Crippen molar-refractivity contribution in [3.8, 4) is 23.3 Å². The first-order valence-electron chi connectivity index (χ1n) is 11.6. The molecule has 0 unspecified atom stereocenters. The maximum absolute atomic E-state index is 9.95. The van der Waals surface area contributed by atoms with Crippen molar-refractivity contribution < 1.29 is 14.2 Å². The average Bonchev–Trinajstić information content (AvgIpc) is 2.87. The molecule has 0 amide bonds. The van der Waals surface area contributed by atoms with E-state index in [1.165, 1.54) is 0 Å². The van der Waals surface area contributed by atoms with E-state index in [-0.39, 0.29) is 0 Å². The molecule has 0 aliphatic heterocycles. The highest BCUT2D eigenvalue weighted by Gasteiger charge is 2.14. The van der Waals surface area contributed by atoms with Crippen LogP contribution in [-0.2, 0) is 19.4 Å². The fourth-order valence-electron chi connectivity index (χ4n) is 3.99. The summed E-state index contributed by atoms with van der Waals surface area (Å²) in [5.41, 5.74) is 5.82. The van der Waals surface area contributed by atoms with E-state index < -0.39 is 0 Å². The molecule has 6 heteroatoms. The lowest BCUT2D eigenvalue weighted by atomic mass is 9.98. The molecule has 0 atom stereocenters. The Morgan fingerprint density at radius 3 is 2.37 bits per heavy atom. The van der Waals surface area contributed by atoms with E-state index >= 15 is 0 Å². The van der Waals surface area contributed by atoms with Crippen LogP contribution < -0.4 is 14.2 Å². The largest absolute Gasteiger partial charge is 0.497 e. The fourth-order valence-corrected chi connectivity index (χ4v) is 3.99. The van der Waals surface area contributed by atoms with Crippen molar-refractivity contribution in [2.75, 3.05) is 14.2 Å². The Morgan fingerprint density at radius 1 is 0.914 bits per heavy atom. The minimum Gasteiger partial charge on any atom is -0.497 e. The van der Waals surface area contributed by atoms with Gasteiger partial charge in [-0.1, -0.05) is 38.1 Å². The zero-order chi connectivity index (χ0) is 24.8. The third-order valence-corrected chi connectivity index (χ3v) is 5.76. The molecule has 0 aliphatic rings. The van der Waals surface area contributed by atoms with Gasteiger partial charge in [-0.2, -0.15) is 5.26 Å². The summed E-state index contributed by atoms with van der Waals surface area (Å²) >= 11 is 0. The van der Waals surface area contributed by atoms with Gasteiger partial charge in [0.05, 0.1) is 31.0 Å². The highest BCUT2D eigenvalue weighted by atomic mass is 16.5. The van der Waals surface area contributed by atoms with Gasteiger partial charge < -0.3 is 14.2 Å². The first-order valence-corrected chi connectivity index (χ1v) is 11.6. The first kappa shape index (κ1) is 24.0. The first-order chi connectivity index (χ1) is 17.0. The van der Waals surface area contributed by atoms with Crippen LogP contribution in [0.1, 0.15) is 41.8 Å². The molecule has 4 rings (SSSR count). The van der Waals surface area contributed by atoms with Gasteiger partial charge in [0.1, 0.15) is 23.9 Å². The van der Waals surface area contributed by atoms with Crippen LogP contribution in [0.3, 0.4) is 0 Å². The monoisotopic (exact) mass is 467 g/mol. The van der Waals surface area contributed by atoms with Crippen LogP contribution in [0.2, 0.25) is 0 Å². The lowest BCUT2D eigenvalue weighted by molar-refractivity contribution is 0.284. The number of nitriles is 1. The number of fused-ring (bicyclic) bond motifs is 1. The predicted molar refractivity (Wildman–Crippen MR) is 136 cm³/mol. The highest BCUT2D eigenvalue weighted by molar-refractivity contribution is 5.82. The average molecular weight is 468 g/mol. The summed E-state index contributed by atoms with van der Waals surface area (Å²) in [6.07, 6.45) is 3.20. The second kappa shape index (κ2) is 10.9. The second-order valence-electron chi connectivity index (χ2n) is 8.84. The molecule has 0 fully saturated rings. The smallest absolute Gasteiger partial charge is 0.161 e. The molecule has 3 aromatic carbocycles. The lowest BCUT2D eigenvalue weighted by Gasteiger charge is -2.13. The fraction of sp³-hybridized carbons (Fsp3) is 0.276. The van der Waals surface area contributed by atoms with Crippen molar-refractivity contribution in [3.63, 3.8) is 0 Å². The number of ether oxygens (including phenoxy) is 3. The van der Waals surface area contributed by atoms with Gasteiger partial charge in [-0.15, -0.1) is 0 Å². The van der Waals surface area contributed by atoms with Crippen LogP contribution in [0.25, 0.3) is 11.0 Å². The van der Waals surface area contributed by atoms with Gasteiger partial charge >= 0.3 is 0 Å². The van der Waals surface area contributed by atoms with Crippen molar-refractivity contribution >= 4 is 11.0 Å². The molecule has 0 N–H and O–H groups in total. The number of hydrogen-bond acceptors (Lipinski definition) is 6. The molecule has 1 aromatic heterocycles. The maximum atomic E-state index is 9.95. The standard InChI is InChI=1S/C29H29N3O3/c1-19(2)13-23-17-31-26-11-8-22(25(16-30)29(26)32-23)14-21-7-12-27(28(15-21)34-4)35-18-20-5-9-24(33-3)10-6-20/h5-12,15,17,19H,13-14,18H2,1-4H3. The van der Waals surface area contributed by atoms with E-state index in [0.29, 0.717) is 41.5 Å². The second-order valence-corrected chi connectivity index (χ2v) is 8.84. The van der Waals surface area contributed by atoms with E-state index in [0.717, 1.165) is 40.1 Å². The van der Waals surface area contributed by atoms with Crippen molar-refractivity contribution in [1.29, 1.82) is 5.26 Å². The van der Waals surface area contributed by atoms with Gasteiger partial charge in [0.25, 0.3) is 0 Å². The summed E-state index contributed by atoms with van der Waals surface area (Å²) in [4.78, 5) is 9.29.